The number of amides is 2. The van der Waals surface area contributed by atoms with E-state index in [1.165, 1.54) is 16.0 Å². The van der Waals surface area contributed by atoms with E-state index in [1.54, 1.807) is 16.2 Å². The Balaban J connectivity index is 1.66. The topological polar surface area (TPSA) is 40.6 Å². The van der Waals surface area contributed by atoms with E-state index >= 15 is 0 Å². The zero-order valence-electron chi connectivity index (χ0n) is 17.4. The van der Waals surface area contributed by atoms with Crippen molar-refractivity contribution >= 4 is 23.2 Å². The molecule has 0 N–H and O–H groups in total. The summed E-state index contributed by atoms with van der Waals surface area (Å²) in [5, 5.41) is 2.09. The predicted molar refractivity (Wildman–Crippen MR) is 118 cm³/mol. The first-order valence-electron chi connectivity index (χ1n) is 10.6. The summed E-state index contributed by atoms with van der Waals surface area (Å²) < 4.78 is 0. The molecule has 1 atom stereocenters. The molecule has 4 nitrogen and oxygen atoms in total. The Bertz CT molecular complexity index is 873. The maximum absolute atomic E-state index is 13.4. The van der Waals surface area contributed by atoms with Gasteiger partial charge < -0.3 is 9.80 Å². The summed E-state index contributed by atoms with van der Waals surface area (Å²) in [7, 11) is 3.67. The number of rotatable bonds is 5. The number of hydrogen-bond acceptors (Lipinski definition) is 3. The molecule has 1 saturated carbocycles. The molecule has 2 amide bonds. The fraction of sp³-hybridized carbons (Fsp3) is 0.500. The molecule has 0 radical (unpaired) electrons. The van der Waals surface area contributed by atoms with Gasteiger partial charge in [0.2, 0.25) is 11.8 Å². The van der Waals surface area contributed by atoms with Crippen molar-refractivity contribution in [2.24, 2.45) is 11.3 Å². The molecule has 0 spiro atoms. The third kappa shape index (κ3) is 3.97. The summed E-state index contributed by atoms with van der Waals surface area (Å²) in [5.74, 6) is 0.585. The van der Waals surface area contributed by atoms with Gasteiger partial charge in [0.05, 0.1) is 5.41 Å². The van der Waals surface area contributed by atoms with Crippen molar-refractivity contribution in [3.63, 3.8) is 0 Å². The Hall–Kier alpha value is -2.14. The van der Waals surface area contributed by atoms with E-state index in [-0.39, 0.29) is 17.7 Å². The third-order valence-corrected chi connectivity index (χ3v) is 7.44. The van der Waals surface area contributed by atoms with Crippen molar-refractivity contribution in [3.8, 4) is 10.4 Å². The molecule has 4 rings (SSSR count). The minimum atomic E-state index is -0.547. The second kappa shape index (κ2) is 8.31. The van der Waals surface area contributed by atoms with Crippen LogP contribution in [0, 0.1) is 11.3 Å². The summed E-state index contributed by atoms with van der Waals surface area (Å²) >= 11 is 1.73. The average Bonchev–Trinajstić information content (AvgIpc) is 3.21. The molecule has 2 heterocycles. The quantitative estimate of drug-likeness (QED) is 0.730. The van der Waals surface area contributed by atoms with Crippen LogP contribution in [0.4, 0.5) is 0 Å². The standard InChI is InChI=1S/C24H30N2O2S/c1-25(2)23(28)24(13-7-14-26(17-24)22(27)18-9-5-10-18)16-19-8-3-4-11-20(19)21-12-6-15-29-21/h3-4,6,8,11-12,15,18H,5,7,9-10,13-14,16-17H2,1-2H3/t24-/m0/s1. The Morgan fingerprint density at radius 1 is 1.14 bits per heavy atom. The van der Waals surface area contributed by atoms with E-state index in [0.29, 0.717) is 13.0 Å². The van der Waals surface area contributed by atoms with Crippen LogP contribution in [0.1, 0.15) is 37.7 Å². The molecule has 2 aliphatic rings. The van der Waals surface area contributed by atoms with Gasteiger partial charge in [-0.05, 0) is 54.7 Å². The van der Waals surface area contributed by atoms with Gasteiger partial charge in [-0.3, -0.25) is 9.59 Å². The maximum Gasteiger partial charge on any atom is 0.230 e. The lowest BCUT2D eigenvalue weighted by Gasteiger charge is -2.45. The van der Waals surface area contributed by atoms with Crippen molar-refractivity contribution in [1.82, 2.24) is 9.80 Å². The van der Waals surface area contributed by atoms with E-state index in [1.807, 2.05) is 19.0 Å². The highest BCUT2D eigenvalue weighted by Gasteiger charge is 2.45. The molecule has 1 aromatic carbocycles. The molecular weight excluding hydrogens is 380 g/mol. The van der Waals surface area contributed by atoms with Gasteiger partial charge in [0.15, 0.2) is 0 Å². The van der Waals surface area contributed by atoms with Crippen LogP contribution in [-0.2, 0) is 16.0 Å². The SMILES string of the molecule is CN(C)C(=O)[C@]1(Cc2ccccc2-c2cccs2)CCCN(C(=O)C2CCC2)C1. The van der Waals surface area contributed by atoms with Crippen LogP contribution in [-0.4, -0.2) is 48.8 Å². The second-order valence-corrected chi connectivity index (χ2v) is 9.73. The molecule has 1 aliphatic carbocycles. The van der Waals surface area contributed by atoms with E-state index in [4.69, 9.17) is 0 Å². The molecule has 154 valence electrons. The largest absolute Gasteiger partial charge is 0.348 e. The molecule has 5 heteroatoms. The van der Waals surface area contributed by atoms with Gasteiger partial charge in [0.1, 0.15) is 0 Å². The first-order valence-corrected chi connectivity index (χ1v) is 11.5. The summed E-state index contributed by atoms with van der Waals surface area (Å²) in [5.41, 5.74) is 1.85. The lowest BCUT2D eigenvalue weighted by atomic mass is 9.72. The monoisotopic (exact) mass is 410 g/mol. The molecule has 1 saturated heterocycles. The highest BCUT2D eigenvalue weighted by atomic mass is 32.1. The summed E-state index contributed by atoms with van der Waals surface area (Å²) in [4.78, 5) is 31.3. The van der Waals surface area contributed by atoms with Crippen LogP contribution >= 0.6 is 11.3 Å². The van der Waals surface area contributed by atoms with Crippen LogP contribution in [0.25, 0.3) is 10.4 Å². The Morgan fingerprint density at radius 3 is 2.59 bits per heavy atom. The minimum Gasteiger partial charge on any atom is -0.348 e. The van der Waals surface area contributed by atoms with Gasteiger partial charge in [-0.25, -0.2) is 0 Å². The highest BCUT2D eigenvalue weighted by molar-refractivity contribution is 7.13. The lowest BCUT2D eigenvalue weighted by Crippen LogP contribution is -2.55. The van der Waals surface area contributed by atoms with Crippen molar-refractivity contribution in [2.75, 3.05) is 27.2 Å². The van der Waals surface area contributed by atoms with Crippen LogP contribution in [0.5, 0.6) is 0 Å². The van der Waals surface area contributed by atoms with Gasteiger partial charge >= 0.3 is 0 Å². The summed E-state index contributed by atoms with van der Waals surface area (Å²) in [6, 6.07) is 12.6. The predicted octanol–water partition coefficient (Wildman–Crippen LogP) is 4.45. The molecule has 29 heavy (non-hydrogen) atoms. The highest BCUT2D eigenvalue weighted by Crippen LogP contribution is 2.40. The van der Waals surface area contributed by atoms with Crippen molar-refractivity contribution in [2.45, 2.75) is 38.5 Å². The molecule has 1 aromatic heterocycles. The van der Waals surface area contributed by atoms with Gasteiger partial charge in [-0.15, -0.1) is 11.3 Å². The van der Waals surface area contributed by atoms with E-state index in [0.717, 1.165) is 38.6 Å². The fourth-order valence-corrected chi connectivity index (χ4v) is 5.60. The van der Waals surface area contributed by atoms with E-state index in [2.05, 4.69) is 41.8 Å². The second-order valence-electron chi connectivity index (χ2n) is 8.78. The first kappa shape index (κ1) is 20.1. The van der Waals surface area contributed by atoms with Crippen LogP contribution in [0.3, 0.4) is 0 Å². The molecule has 0 unspecified atom stereocenters. The zero-order valence-corrected chi connectivity index (χ0v) is 18.2. The van der Waals surface area contributed by atoms with Gasteiger partial charge in [0.25, 0.3) is 0 Å². The van der Waals surface area contributed by atoms with E-state index < -0.39 is 5.41 Å². The van der Waals surface area contributed by atoms with Gasteiger partial charge in [-0.2, -0.15) is 0 Å². The number of carbonyl (C=O) groups excluding carboxylic acids is 2. The normalized spacial score (nSPS) is 22.2. The number of likely N-dealkylation sites (tertiary alicyclic amines) is 1. The van der Waals surface area contributed by atoms with Crippen molar-refractivity contribution in [3.05, 3.63) is 47.3 Å². The average molecular weight is 411 g/mol. The number of piperidine rings is 1. The van der Waals surface area contributed by atoms with Crippen molar-refractivity contribution in [1.29, 1.82) is 0 Å². The molecule has 2 fully saturated rings. The number of benzene rings is 1. The summed E-state index contributed by atoms with van der Waals surface area (Å²) in [6.07, 6.45) is 5.56. The van der Waals surface area contributed by atoms with Crippen molar-refractivity contribution < 1.29 is 9.59 Å². The van der Waals surface area contributed by atoms with E-state index in [9.17, 15) is 9.59 Å². The molecule has 1 aliphatic heterocycles. The number of hydrogen-bond donors (Lipinski definition) is 0. The number of thiophene rings is 1. The Labute approximate surface area is 177 Å². The molecular formula is C24H30N2O2S. The minimum absolute atomic E-state index is 0.143. The molecule has 0 bridgehead atoms. The molecule has 2 aromatic rings. The Kier molecular flexibility index (Phi) is 5.77. The van der Waals surface area contributed by atoms with Gasteiger partial charge in [-0.1, -0.05) is 36.8 Å². The van der Waals surface area contributed by atoms with Crippen LogP contribution in [0.2, 0.25) is 0 Å². The third-order valence-electron chi connectivity index (χ3n) is 6.54. The number of carbonyl (C=O) groups is 2. The fourth-order valence-electron chi connectivity index (χ4n) is 4.81. The summed E-state index contributed by atoms with van der Waals surface area (Å²) in [6.45, 7) is 1.32. The van der Waals surface area contributed by atoms with Gasteiger partial charge in [0, 0.05) is 38.0 Å². The Morgan fingerprint density at radius 2 is 1.93 bits per heavy atom. The zero-order chi connectivity index (χ0) is 20.4. The number of nitrogens with zero attached hydrogens (tertiary/aromatic N) is 2. The van der Waals surface area contributed by atoms with Crippen LogP contribution < -0.4 is 0 Å². The van der Waals surface area contributed by atoms with Crippen LogP contribution in [0.15, 0.2) is 41.8 Å². The lowest BCUT2D eigenvalue weighted by molar-refractivity contribution is -0.150. The first-order chi connectivity index (χ1) is 14.0. The maximum atomic E-state index is 13.4. The smallest absolute Gasteiger partial charge is 0.230 e.